The van der Waals surface area contributed by atoms with Crippen LogP contribution in [0, 0.1) is 0 Å². The Bertz CT molecular complexity index is 1020. The predicted octanol–water partition coefficient (Wildman–Crippen LogP) is 4.22. The number of para-hydroxylation sites is 1. The summed E-state index contributed by atoms with van der Waals surface area (Å²) in [4.78, 5) is 3.36. The SMILES string of the molecule is O=S(=O)(c1c(Cl)cccc1Cl)N1CCc2[nH]c3ccccc3c2C1. The third-order valence-electron chi connectivity index (χ3n) is 4.36. The van der Waals surface area contributed by atoms with Crippen LogP contribution < -0.4 is 0 Å². The first-order valence-electron chi connectivity index (χ1n) is 7.51. The van der Waals surface area contributed by atoms with Crippen LogP contribution in [0.5, 0.6) is 0 Å². The van der Waals surface area contributed by atoms with Gasteiger partial charge >= 0.3 is 0 Å². The number of benzene rings is 2. The standard InChI is InChI=1S/C17H14Cl2N2O2S/c18-13-5-3-6-14(19)17(13)24(22,23)21-9-8-16-12(10-21)11-4-1-2-7-15(11)20-16/h1-7,20H,8-10H2. The number of rotatable bonds is 2. The Morgan fingerprint density at radius 1 is 1.00 bits per heavy atom. The maximum absolute atomic E-state index is 13.0. The summed E-state index contributed by atoms with van der Waals surface area (Å²) in [5.41, 5.74) is 3.13. The number of H-pyrrole nitrogens is 1. The first kappa shape index (κ1) is 16.0. The van der Waals surface area contributed by atoms with Gasteiger partial charge in [-0.2, -0.15) is 4.31 Å². The molecule has 1 aliphatic heterocycles. The predicted molar refractivity (Wildman–Crippen MR) is 96.1 cm³/mol. The van der Waals surface area contributed by atoms with Crippen molar-refractivity contribution in [2.24, 2.45) is 0 Å². The van der Waals surface area contributed by atoms with E-state index in [2.05, 4.69) is 4.98 Å². The molecule has 0 aliphatic carbocycles. The monoisotopic (exact) mass is 380 g/mol. The molecule has 0 fully saturated rings. The van der Waals surface area contributed by atoms with Gasteiger partial charge < -0.3 is 4.98 Å². The highest BCUT2D eigenvalue weighted by atomic mass is 35.5. The molecule has 0 amide bonds. The molecule has 0 atom stereocenters. The third-order valence-corrected chi connectivity index (χ3v) is 7.17. The van der Waals surface area contributed by atoms with Crippen LogP contribution in [0.15, 0.2) is 47.4 Å². The summed E-state index contributed by atoms with van der Waals surface area (Å²) in [7, 11) is -3.76. The molecular weight excluding hydrogens is 367 g/mol. The summed E-state index contributed by atoms with van der Waals surface area (Å²) < 4.78 is 27.5. The Balaban J connectivity index is 1.79. The van der Waals surface area contributed by atoms with Gasteiger partial charge in [-0.1, -0.05) is 47.5 Å². The van der Waals surface area contributed by atoms with E-state index in [1.165, 1.54) is 4.31 Å². The van der Waals surface area contributed by atoms with Gasteiger partial charge in [0.15, 0.2) is 0 Å². The Hall–Kier alpha value is -1.53. The van der Waals surface area contributed by atoms with Gasteiger partial charge in [0, 0.05) is 36.1 Å². The fourth-order valence-corrected chi connectivity index (χ4v) is 5.71. The zero-order chi connectivity index (χ0) is 16.9. The lowest BCUT2D eigenvalue weighted by Gasteiger charge is -2.27. The number of aromatic amines is 1. The lowest BCUT2D eigenvalue weighted by molar-refractivity contribution is 0.391. The number of halogens is 2. The van der Waals surface area contributed by atoms with Crippen LogP contribution in [0.1, 0.15) is 11.3 Å². The summed E-state index contributed by atoms with van der Waals surface area (Å²) in [6.45, 7) is 0.701. The molecule has 0 spiro atoms. The molecule has 2 heterocycles. The first-order valence-corrected chi connectivity index (χ1v) is 9.70. The molecule has 4 nitrogen and oxygen atoms in total. The lowest BCUT2D eigenvalue weighted by Crippen LogP contribution is -2.36. The van der Waals surface area contributed by atoms with E-state index in [4.69, 9.17) is 23.2 Å². The van der Waals surface area contributed by atoms with Crippen LogP contribution in [-0.2, 0) is 23.0 Å². The van der Waals surface area contributed by atoms with E-state index in [0.29, 0.717) is 19.5 Å². The zero-order valence-electron chi connectivity index (χ0n) is 12.6. The Kier molecular flexibility index (Phi) is 3.84. The minimum Gasteiger partial charge on any atom is -0.358 e. The van der Waals surface area contributed by atoms with Gasteiger partial charge in [0.05, 0.1) is 10.0 Å². The number of hydrogen-bond donors (Lipinski definition) is 1. The normalized spacial score (nSPS) is 15.6. The number of nitrogens with one attached hydrogen (secondary N) is 1. The van der Waals surface area contributed by atoms with Gasteiger partial charge in [0.2, 0.25) is 10.0 Å². The van der Waals surface area contributed by atoms with Crippen molar-refractivity contribution >= 4 is 44.1 Å². The maximum Gasteiger partial charge on any atom is 0.246 e. The van der Waals surface area contributed by atoms with E-state index in [9.17, 15) is 8.42 Å². The van der Waals surface area contributed by atoms with Gasteiger partial charge in [-0.25, -0.2) is 8.42 Å². The smallest absolute Gasteiger partial charge is 0.246 e. The molecule has 1 aliphatic rings. The highest BCUT2D eigenvalue weighted by Crippen LogP contribution is 2.35. The maximum atomic E-state index is 13.0. The number of aromatic nitrogens is 1. The van der Waals surface area contributed by atoms with Crippen LogP contribution in [0.25, 0.3) is 10.9 Å². The van der Waals surface area contributed by atoms with Crippen molar-refractivity contribution in [2.75, 3.05) is 6.54 Å². The molecule has 1 aromatic heterocycles. The summed E-state index contributed by atoms with van der Waals surface area (Å²) >= 11 is 12.2. The molecule has 1 N–H and O–H groups in total. The van der Waals surface area contributed by atoms with Crippen molar-refractivity contribution in [3.8, 4) is 0 Å². The van der Waals surface area contributed by atoms with E-state index >= 15 is 0 Å². The highest BCUT2D eigenvalue weighted by molar-refractivity contribution is 7.89. The molecule has 4 rings (SSSR count). The van der Waals surface area contributed by atoms with Crippen molar-refractivity contribution in [3.63, 3.8) is 0 Å². The first-order chi connectivity index (χ1) is 11.5. The van der Waals surface area contributed by atoms with Crippen molar-refractivity contribution in [1.82, 2.24) is 9.29 Å². The summed E-state index contributed by atoms with van der Waals surface area (Å²) in [6.07, 6.45) is 0.630. The summed E-state index contributed by atoms with van der Waals surface area (Å²) in [6, 6.07) is 12.6. The molecule has 0 saturated carbocycles. The second-order valence-corrected chi connectivity index (χ2v) is 8.46. The van der Waals surface area contributed by atoms with Crippen molar-refractivity contribution < 1.29 is 8.42 Å². The second kappa shape index (κ2) is 5.77. The topological polar surface area (TPSA) is 53.2 Å². The van der Waals surface area contributed by atoms with Crippen LogP contribution in [0.4, 0.5) is 0 Å². The van der Waals surface area contributed by atoms with Crippen LogP contribution in [0.2, 0.25) is 10.0 Å². The average molecular weight is 381 g/mol. The van der Waals surface area contributed by atoms with E-state index in [0.717, 1.165) is 22.2 Å². The van der Waals surface area contributed by atoms with E-state index < -0.39 is 10.0 Å². The van der Waals surface area contributed by atoms with E-state index in [1.807, 2.05) is 24.3 Å². The number of hydrogen-bond acceptors (Lipinski definition) is 2. The fourth-order valence-electron chi connectivity index (χ4n) is 3.20. The van der Waals surface area contributed by atoms with Crippen LogP contribution in [0.3, 0.4) is 0 Å². The fraction of sp³-hybridized carbons (Fsp3) is 0.176. The molecule has 0 unspecified atom stereocenters. The summed E-state index contributed by atoms with van der Waals surface area (Å²) in [5, 5.41) is 1.34. The number of nitrogens with zero attached hydrogens (tertiary/aromatic N) is 1. The van der Waals surface area contributed by atoms with Gasteiger partial charge in [0.1, 0.15) is 4.90 Å². The van der Waals surface area contributed by atoms with Gasteiger partial charge in [0.25, 0.3) is 0 Å². The molecule has 0 saturated heterocycles. The zero-order valence-corrected chi connectivity index (χ0v) is 14.9. The largest absolute Gasteiger partial charge is 0.358 e. The Morgan fingerprint density at radius 3 is 2.46 bits per heavy atom. The van der Waals surface area contributed by atoms with Crippen LogP contribution >= 0.6 is 23.2 Å². The van der Waals surface area contributed by atoms with Crippen molar-refractivity contribution in [1.29, 1.82) is 0 Å². The average Bonchev–Trinajstić information content (AvgIpc) is 2.92. The molecular formula is C17H14Cl2N2O2S. The summed E-state index contributed by atoms with van der Waals surface area (Å²) in [5.74, 6) is 0. The molecule has 0 bridgehead atoms. The van der Waals surface area contributed by atoms with E-state index in [-0.39, 0.29) is 14.9 Å². The van der Waals surface area contributed by atoms with Crippen LogP contribution in [-0.4, -0.2) is 24.3 Å². The molecule has 2 aromatic carbocycles. The third kappa shape index (κ3) is 2.43. The molecule has 7 heteroatoms. The highest BCUT2D eigenvalue weighted by Gasteiger charge is 2.33. The molecule has 124 valence electrons. The van der Waals surface area contributed by atoms with Crippen molar-refractivity contribution in [3.05, 3.63) is 63.8 Å². The lowest BCUT2D eigenvalue weighted by atomic mass is 10.1. The minimum atomic E-state index is -3.76. The molecule has 3 aromatic rings. The molecule has 0 radical (unpaired) electrons. The van der Waals surface area contributed by atoms with Gasteiger partial charge in [-0.15, -0.1) is 0 Å². The van der Waals surface area contributed by atoms with Gasteiger partial charge in [-0.05, 0) is 23.8 Å². The van der Waals surface area contributed by atoms with E-state index in [1.54, 1.807) is 18.2 Å². The Morgan fingerprint density at radius 2 is 1.71 bits per heavy atom. The second-order valence-electron chi connectivity index (χ2n) is 5.77. The minimum absolute atomic E-state index is 0.0170. The number of sulfonamides is 1. The molecule has 24 heavy (non-hydrogen) atoms. The Labute approximate surface area is 150 Å². The van der Waals surface area contributed by atoms with Crippen molar-refractivity contribution in [2.45, 2.75) is 17.9 Å². The van der Waals surface area contributed by atoms with Gasteiger partial charge in [-0.3, -0.25) is 0 Å². The quantitative estimate of drug-likeness (QED) is 0.723. The number of fused-ring (bicyclic) bond motifs is 3.